The zero-order valence-corrected chi connectivity index (χ0v) is 18.5. The number of hydrogen-bond acceptors (Lipinski definition) is 6. The average molecular weight is 423 g/mol. The molecule has 0 saturated carbocycles. The van der Waals surface area contributed by atoms with Crippen molar-refractivity contribution in [1.29, 1.82) is 0 Å². The number of ketones is 1. The van der Waals surface area contributed by atoms with Crippen LogP contribution >= 0.6 is 11.3 Å². The number of methoxy groups -OCH3 is 1. The number of carbonyl (C=O) groups is 2. The van der Waals surface area contributed by atoms with E-state index in [1.807, 2.05) is 38.5 Å². The van der Waals surface area contributed by atoms with Crippen LogP contribution in [-0.4, -0.2) is 33.0 Å². The molecule has 156 valence electrons. The van der Waals surface area contributed by atoms with E-state index in [-0.39, 0.29) is 23.6 Å². The van der Waals surface area contributed by atoms with E-state index >= 15 is 0 Å². The molecule has 1 aliphatic heterocycles. The minimum atomic E-state index is -0.390. The molecule has 30 heavy (non-hydrogen) atoms. The van der Waals surface area contributed by atoms with Crippen molar-refractivity contribution in [3.8, 4) is 0 Å². The van der Waals surface area contributed by atoms with E-state index in [2.05, 4.69) is 34.5 Å². The minimum Gasteiger partial charge on any atom is -0.466 e. The molecule has 1 aromatic carbocycles. The summed E-state index contributed by atoms with van der Waals surface area (Å²) >= 11 is 1.56. The number of allylic oxidation sites excluding steroid dienone is 3. The Kier molecular flexibility index (Phi) is 5.52. The molecule has 6 heteroatoms. The van der Waals surface area contributed by atoms with Crippen LogP contribution in [-0.2, 0) is 14.3 Å². The molecule has 2 atom stereocenters. The summed E-state index contributed by atoms with van der Waals surface area (Å²) in [6.45, 7) is 1.89. The molecule has 5 nitrogen and oxygen atoms in total. The minimum absolute atomic E-state index is 0.0951. The van der Waals surface area contributed by atoms with Crippen LogP contribution in [0.25, 0.3) is 0 Å². The fourth-order valence-electron chi connectivity index (χ4n) is 4.44. The second-order valence-electron chi connectivity index (χ2n) is 8.01. The first kappa shape index (κ1) is 20.4. The van der Waals surface area contributed by atoms with Crippen molar-refractivity contribution in [2.75, 3.05) is 26.1 Å². The standard InChI is InChI=1S/C24H26N2O3S/c1-14-21(24(28)29-4)23(20-6-5-11-30-20)22-18(25-14)12-16(13-19(22)27)15-7-9-17(10-8-15)26(2)3/h5-11,16,23,25H,12-13H2,1-4H3/t16-,23+/m0/s1. The smallest absolute Gasteiger partial charge is 0.336 e. The molecule has 2 aliphatic rings. The summed E-state index contributed by atoms with van der Waals surface area (Å²) in [5, 5.41) is 5.35. The fraction of sp³-hybridized carbons (Fsp3) is 0.333. The number of Topliss-reactive ketones (excluding diaryl/α,β-unsaturated/α-hetero) is 1. The Bertz CT molecular complexity index is 1030. The first-order chi connectivity index (χ1) is 14.4. The van der Waals surface area contributed by atoms with E-state index < -0.39 is 0 Å². The summed E-state index contributed by atoms with van der Waals surface area (Å²) in [7, 11) is 5.41. The third-order valence-corrected chi connectivity index (χ3v) is 6.88. The number of nitrogens with one attached hydrogen (secondary N) is 1. The molecular weight excluding hydrogens is 396 g/mol. The van der Waals surface area contributed by atoms with Crippen LogP contribution < -0.4 is 10.2 Å². The summed E-state index contributed by atoms with van der Waals surface area (Å²) in [6.07, 6.45) is 1.19. The first-order valence-electron chi connectivity index (χ1n) is 10.0. The predicted octanol–water partition coefficient (Wildman–Crippen LogP) is 4.35. The van der Waals surface area contributed by atoms with Crippen molar-refractivity contribution in [2.24, 2.45) is 0 Å². The van der Waals surface area contributed by atoms with Crippen LogP contribution in [0.3, 0.4) is 0 Å². The molecule has 1 aliphatic carbocycles. The van der Waals surface area contributed by atoms with Gasteiger partial charge in [-0.2, -0.15) is 0 Å². The zero-order valence-electron chi connectivity index (χ0n) is 17.7. The highest BCUT2D eigenvalue weighted by molar-refractivity contribution is 7.10. The first-order valence-corrected chi connectivity index (χ1v) is 10.9. The average Bonchev–Trinajstić information content (AvgIpc) is 3.26. The van der Waals surface area contributed by atoms with Gasteiger partial charge >= 0.3 is 5.97 Å². The van der Waals surface area contributed by atoms with E-state index in [0.29, 0.717) is 17.6 Å². The van der Waals surface area contributed by atoms with E-state index in [1.165, 1.54) is 7.11 Å². The second kappa shape index (κ2) is 8.11. The zero-order chi connectivity index (χ0) is 21.4. The molecule has 0 unspecified atom stereocenters. The largest absolute Gasteiger partial charge is 0.466 e. The molecule has 2 aromatic rings. The SMILES string of the molecule is COC(=O)C1=C(C)NC2=C(C(=O)C[C@@H](c3ccc(N(C)C)cc3)C2)[C@@H]1c1cccs1. The van der Waals surface area contributed by atoms with Crippen LogP contribution in [0.15, 0.2) is 64.3 Å². The molecular formula is C24H26N2O3S. The molecule has 0 fully saturated rings. The maximum absolute atomic E-state index is 13.4. The van der Waals surface area contributed by atoms with E-state index in [4.69, 9.17) is 4.74 Å². The molecule has 4 rings (SSSR count). The summed E-state index contributed by atoms with van der Waals surface area (Å²) in [5.41, 5.74) is 5.23. The van der Waals surface area contributed by atoms with Crippen molar-refractivity contribution >= 4 is 28.8 Å². The lowest BCUT2D eigenvalue weighted by atomic mass is 9.73. The molecule has 0 spiro atoms. The van der Waals surface area contributed by atoms with Gasteiger partial charge in [0.05, 0.1) is 18.6 Å². The number of anilines is 1. The molecule has 0 saturated heterocycles. The van der Waals surface area contributed by atoms with E-state index in [0.717, 1.165) is 33.9 Å². The quantitative estimate of drug-likeness (QED) is 0.743. The summed E-state index contributed by atoms with van der Waals surface area (Å²) in [4.78, 5) is 29.0. The lowest BCUT2D eigenvalue weighted by Gasteiger charge is -2.36. The molecule has 1 N–H and O–H groups in total. The monoisotopic (exact) mass is 422 g/mol. The normalized spacial score (nSPS) is 21.3. The van der Waals surface area contributed by atoms with E-state index in [9.17, 15) is 9.59 Å². The van der Waals surface area contributed by atoms with Gasteiger partial charge in [0.15, 0.2) is 5.78 Å². The van der Waals surface area contributed by atoms with Crippen molar-refractivity contribution in [3.63, 3.8) is 0 Å². The maximum atomic E-state index is 13.4. The van der Waals surface area contributed by atoms with Gasteiger partial charge in [-0.25, -0.2) is 4.79 Å². The van der Waals surface area contributed by atoms with Gasteiger partial charge in [0.25, 0.3) is 0 Å². The van der Waals surface area contributed by atoms with Crippen LogP contribution in [0.1, 0.15) is 42.0 Å². The second-order valence-corrected chi connectivity index (χ2v) is 8.99. The van der Waals surface area contributed by atoms with Crippen molar-refractivity contribution in [2.45, 2.75) is 31.6 Å². The Hall–Kier alpha value is -2.86. The Labute approximate surface area is 181 Å². The fourth-order valence-corrected chi connectivity index (χ4v) is 5.28. The molecule has 0 amide bonds. The van der Waals surface area contributed by atoms with Crippen LogP contribution in [0.2, 0.25) is 0 Å². The predicted molar refractivity (Wildman–Crippen MR) is 120 cm³/mol. The van der Waals surface area contributed by atoms with E-state index in [1.54, 1.807) is 11.3 Å². The number of nitrogens with zero attached hydrogens (tertiary/aromatic N) is 1. The molecule has 2 heterocycles. The third kappa shape index (κ3) is 3.56. The van der Waals surface area contributed by atoms with Gasteiger partial charge in [-0.1, -0.05) is 18.2 Å². The highest BCUT2D eigenvalue weighted by Crippen LogP contribution is 2.46. The van der Waals surface area contributed by atoms with Crippen molar-refractivity contribution in [1.82, 2.24) is 5.32 Å². The summed E-state index contributed by atoms with van der Waals surface area (Å²) < 4.78 is 5.05. The molecule has 0 bridgehead atoms. The molecule has 0 radical (unpaired) electrons. The van der Waals surface area contributed by atoms with Gasteiger partial charge in [-0.05, 0) is 48.4 Å². The Morgan fingerprint density at radius 2 is 1.90 bits per heavy atom. The van der Waals surface area contributed by atoms with Crippen molar-refractivity contribution in [3.05, 3.63) is 74.8 Å². The highest BCUT2D eigenvalue weighted by atomic mass is 32.1. The van der Waals surface area contributed by atoms with Crippen LogP contribution in [0, 0.1) is 0 Å². The number of rotatable bonds is 4. The number of dihydropyridines is 1. The summed E-state index contributed by atoms with van der Waals surface area (Å²) in [5.74, 6) is -0.536. The number of benzene rings is 1. The summed E-state index contributed by atoms with van der Waals surface area (Å²) in [6, 6.07) is 12.3. The van der Waals surface area contributed by atoms with Gasteiger partial charge in [-0.15, -0.1) is 11.3 Å². The topological polar surface area (TPSA) is 58.6 Å². The van der Waals surface area contributed by atoms with Gasteiger partial charge in [0.1, 0.15) is 0 Å². The number of hydrogen-bond donors (Lipinski definition) is 1. The Morgan fingerprint density at radius 1 is 1.17 bits per heavy atom. The van der Waals surface area contributed by atoms with Gasteiger partial charge in [-0.3, -0.25) is 4.79 Å². The van der Waals surface area contributed by atoms with Crippen LogP contribution in [0.5, 0.6) is 0 Å². The van der Waals surface area contributed by atoms with Gasteiger partial charge < -0.3 is 15.0 Å². The maximum Gasteiger partial charge on any atom is 0.336 e. The third-order valence-electron chi connectivity index (χ3n) is 5.94. The lowest BCUT2D eigenvalue weighted by Crippen LogP contribution is -2.35. The Morgan fingerprint density at radius 3 is 2.50 bits per heavy atom. The number of thiophene rings is 1. The number of ether oxygens (including phenoxy) is 1. The van der Waals surface area contributed by atoms with Gasteiger partial charge in [0, 0.05) is 48.0 Å². The van der Waals surface area contributed by atoms with Gasteiger partial charge in [0.2, 0.25) is 0 Å². The number of esters is 1. The highest BCUT2D eigenvalue weighted by Gasteiger charge is 2.41. The number of carbonyl (C=O) groups excluding carboxylic acids is 2. The molecule has 1 aromatic heterocycles. The Balaban J connectivity index is 1.72. The lowest BCUT2D eigenvalue weighted by molar-refractivity contribution is -0.136. The van der Waals surface area contributed by atoms with Crippen LogP contribution in [0.4, 0.5) is 5.69 Å². The van der Waals surface area contributed by atoms with Crippen molar-refractivity contribution < 1.29 is 14.3 Å².